The highest BCUT2D eigenvalue weighted by atomic mass is 16.6. The van der Waals surface area contributed by atoms with E-state index in [0.29, 0.717) is 25.3 Å². The van der Waals surface area contributed by atoms with Gasteiger partial charge < -0.3 is 14.5 Å². The minimum absolute atomic E-state index is 0.0193. The summed E-state index contributed by atoms with van der Waals surface area (Å²) < 4.78 is 5.16. The SMILES string of the molecule is CC[C@@H]1COC(=O)N1c1ccc(C(=O)N2CCN(c3ncc(C)cc3C)CC2)cc1. The van der Waals surface area contributed by atoms with E-state index in [2.05, 4.69) is 22.9 Å². The lowest BCUT2D eigenvalue weighted by molar-refractivity contribution is 0.0746. The summed E-state index contributed by atoms with van der Waals surface area (Å²) in [6.07, 6.45) is 2.39. The highest BCUT2D eigenvalue weighted by Gasteiger charge is 2.33. The Bertz CT molecular complexity index is 936. The highest BCUT2D eigenvalue weighted by molar-refractivity contribution is 5.96. The van der Waals surface area contributed by atoms with Gasteiger partial charge in [0.25, 0.3) is 5.91 Å². The number of aryl methyl sites for hydroxylation is 2. The molecule has 0 saturated carbocycles. The van der Waals surface area contributed by atoms with E-state index in [1.165, 1.54) is 0 Å². The molecule has 4 rings (SSSR count). The first kappa shape index (κ1) is 20.2. The van der Waals surface area contributed by atoms with Crippen molar-refractivity contribution >= 4 is 23.5 Å². The molecule has 2 aliphatic heterocycles. The number of ether oxygens (including phenoxy) is 1. The second-order valence-corrected chi connectivity index (χ2v) is 7.99. The first-order valence-corrected chi connectivity index (χ1v) is 10.5. The molecular weight excluding hydrogens is 380 g/mol. The minimum Gasteiger partial charge on any atom is -0.447 e. The van der Waals surface area contributed by atoms with Gasteiger partial charge in [-0.3, -0.25) is 9.69 Å². The molecule has 2 aromatic rings. The Labute approximate surface area is 177 Å². The Kier molecular flexibility index (Phi) is 5.61. The van der Waals surface area contributed by atoms with Crippen molar-refractivity contribution in [2.24, 2.45) is 0 Å². The molecule has 1 aromatic heterocycles. The van der Waals surface area contributed by atoms with E-state index in [0.717, 1.165) is 42.1 Å². The maximum absolute atomic E-state index is 13.0. The zero-order chi connectivity index (χ0) is 21.3. The van der Waals surface area contributed by atoms with Crippen LogP contribution in [-0.4, -0.2) is 60.7 Å². The van der Waals surface area contributed by atoms with Crippen molar-refractivity contribution in [3.63, 3.8) is 0 Å². The largest absolute Gasteiger partial charge is 0.447 e. The third kappa shape index (κ3) is 3.84. The molecule has 0 unspecified atom stereocenters. The van der Waals surface area contributed by atoms with Gasteiger partial charge in [-0.25, -0.2) is 9.78 Å². The molecule has 2 fully saturated rings. The van der Waals surface area contributed by atoms with Crippen LogP contribution < -0.4 is 9.80 Å². The number of carbonyl (C=O) groups excluding carboxylic acids is 2. The second-order valence-electron chi connectivity index (χ2n) is 7.99. The van der Waals surface area contributed by atoms with Crippen molar-refractivity contribution in [3.05, 3.63) is 53.2 Å². The summed E-state index contributed by atoms with van der Waals surface area (Å²) in [4.78, 5) is 35.3. The fourth-order valence-electron chi connectivity index (χ4n) is 4.18. The molecule has 2 saturated heterocycles. The maximum atomic E-state index is 13.0. The normalized spacial score (nSPS) is 19.2. The van der Waals surface area contributed by atoms with E-state index >= 15 is 0 Å². The Morgan fingerprint density at radius 3 is 2.47 bits per heavy atom. The van der Waals surface area contributed by atoms with Crippen LogP contribution in [-0.2, 0) is 4.74 Å². The maximum Gasteiger partial charge on any atom is 0.414 e. The van der Waals surface area contributed by atoms with E-state index in [1.807, 2.05) is 37.1 Å². The number of aromatic nitrogens is 1. The van der Waals surface area contributed by atoms with Crippen LogP contribution in [0.4, 0.5) is 16.3 Å². The fraction of sp³-hybridized carbons (Fsp3) is 0.435. The molecule has 0 radical (unpaired) electrons. The molecule has 158 valence electrons. The van der Waals surface area contributed by atoms with Crippen molar-refractivity contribution in [2.75, 3.05) is 42.6 Å². The first-order chi connectivity index (χ1) is 14.5. The summed E-state index contributed by atoms with van der Waals surface area (Å²) in [5.74, 6) is 1.02. The van der Waals surface area contributed by atoms with Crippen LogP contribution in [0.1, 0.15) is 34.8 Å². The van der Waals surface area contributed by atoms with Gasteiger partial charge in [0.1, 0.15) is 12.4 Å². The van der Waals surface area contributed by atoms with Crippen molar-refractivity contribution in [2.45, 2.75) is 33.2 Å². The lowest BCUT2D eigenvalue weighted by Gasteiger charge is -2.36. The van der Waals surface area contributed by atoms with Crippen molar-refractivity contribution < 1.29 is 14.3 Å². The van der Waals surface area contributed by atoms with E-state index in [-0.39, 0.29) is 18.0 Å². The monoisotopic (exact) mass is 408 g/mol. The molecule has 1 aromatic carbocycles. The quantitative estimate of drug-likeness (QED) is 0.776. The molecule has 0 N–H and O–H groups in total. The number of rotatable bonds is 4. The Balaban J connectivity index is 1.40. The number of piperazine rings is 1. The smallest absolute Gasteiger partial charge is 0.414 e. The third-order valence-electron chi connectivity index (χ3n) is 5.88. The Morgan fingerprint density at radius 1 is 1.13 bits per heavy atom. The predicted molar refractivity (Wildman–Crippen MR) is 116 cm³/mol. The summed E-state index contributed by atoms with van der Waals surface area (Å²) in [6.45, 7) is 9.41. The highest BCUT2D eigenvalue weighted by Crippen LogP contribution is 2.26. The van der Waals surface area contributed by atoms with Crippen LogP contribution in [0.2, 0.25) is 0 Å². The second kappa shape index (κ2) is 8.34. The number of pyridine rings is 1. The van der Waals surface area contributed by atoms with Gasteiger partial charge in [-0.05, 0) is 55.7 Å². The summed E-state index contributed by atoms with van der Waals surface area (Å²) in [5.41, 5.74) is 3.72. The predicted octanol–water partition coefficient (Wildman–Crippen LogP) is 3.40. The van der Waals surface area contributed by atoms with Crippen LogP contribution in [0.25, 0.3) is 0 Å². The molecule has 3 heterocycles. The molecule has 2 aliphatic rings. The van der Waals surface area contributed by atoms with E-state index in [9.17, 15) is 9.59 Å². The van der Waals surface area contributed by atoms with Gasteiger partial charge in [-0.15, -0.1) is 0 Å². The number of hydrogen-bond acceptors (Lipinski definition) is 5. The molecule has 1 atom stereocenters. The fourth-order valence-corrected chi connectivity index (χ4v) is 4.18. The number of hydrogen-bond donors (Lipinski definition) is 0. The molecular formula is C23H28N4O3. The van der Waals surface area contributed by atoms with Crippen LogP contribution in [0.5, 0.6) is 0 Å². The Hall–Kier alpha value is -3.09. The van der Waals surface area contributed by atoms with Gasteiger partial charge in [0, 0.05) is 43.6 Å². The van der Waals surface area contributed by atoms with Gasteiger partial charge in [0.05, 0.1) is 6.04 Å². The van der Waals surface area contributed by atoms with Gasteiger partial charge in [0.2, 0.25) is 0 Å². The lowest BCUT2D eigenvalue weighted by atomic mass is 10.1. The summed E-state index contributed by atoms with van der Waals surface area (Å²) in [6, 6.07) is 9.45. The number of benzene rings is 1. The standard InChI is InChI=1S/C23H28N4O3/c1-4-19-15-30-23(29)27(19)20-7-5-18(6-8-20)22(28)26-11-9-25(10-12-26)21-17(3)13-16(2)14-24-21/h5-8,13-14,19H,4,9-12,15H2,1-3H3/t19-/m1/s1. The zero-order valence-corrected chi connectivity index (χ0v) is 17.8. The van der Waals surface area contributed by atoms with Gasteiger partial charge in [-0.1, -0.05) is 13.0 Å². The summed E-state index contributed by atoms with van der Waals surface area (Å²) in [7, 11) is 0. The number of anilines is 2. The summed E-state index contributed by atoms with van der Waals surface area (Å²) >= 11 is 0. The molecule has 0 spiro atoms. The van der Waals surface area contributed by atoms with E-state index < -0.39 is 0 Å². The van der Waals surface area contributed by atoms with Crippen LogP contribution >= 0.6 is 0 Å². The average Bonchev–Trinajstić information content (AvgIpc) is 3.14. The summed E-state index contributed by atoms with van der Waals surface area (Å²) in [5, 5.41) is 0. The topological polar surface area (TPSA) is 66.0 Å². The van der Waals surface area contributed by atoms with Crippen molar-refractivity contribution in [3.8, 4) is 0 Å². The van der Waals surface area contributed by atoms with E-state index in [1.54, 1.807) is 17.0 Å². The van der Waals surface area contributed by atoms with Gasteiger partial charge in [-0.2, -0.15) is 0 Å². The zero-order valence-electron chi connectivity index (χ0n) is 17.8. The minimum atomic E-state index is -0.322. The van der Waals surface area contributed by atoms with Crippen LogP contribution in [0, 0.1) is 13.8 Å². The lowest BCUT2D eigenvalue weighted by Crippen LogP contribution is -2.49. The molecule has 0 aliphatic carbocycles. The van der Waals surface area contributed by atoms with Crippen molar-refractivity contribution in [1.29, 1.82) is 0 Å². The molecule has 30 heavy (non-hydrogen) atoms. The first-order valence-electron chi connectivity index (χ1n) is 10.5. The van der Waals surface area contributed by atoms with Crippen LogP contribution in [0.15, 0.2) is 36.5 Å². The molecule has 0 bridgehead atoms. The average molecular weight is 409 g/mol. The number of carbonyl (C=O) groups is 2. The number of nitrogens with zero attached hydrogens (tertiary/aromatic N) is 4. The van der Waals surface area contributed by atoms with Gasteiger partial charge >= 0.3 is 6.09 Å². The number of amides is 2. The molecule has 2 amide bonds. The third-order valence-corrected chi connectivity index (χ3v) is 5.88. The Morgan fingerprint density at radius 2 is 1.83 bits per heavy atom. The van der Waals surface area contributed by atoms with E-state index in [4.69, 9.17) is 4.74 Å². The van der Waals surface area contributed by atoms with Gasteiger partial charge in [0.15, 0.2) is 0 Å². The van der Waals surface area contributed by atoms with Crippen molar-refractivity contribution in [1.82, 2.24) is 9.88 Å². The number of cyclic esters (lactones) is 1. The molecule has 7 heteroatoms. The van der Waals surface area contributed by atoms with Crippen LogP contribution in [0.3, 0.4) is 0 Å². The molecule has 7 nitrogen and oxygen atoms in total.